The predicted molar refractivity (Wildman–Crippen MR) is 78.7 cm³/mol. The minimum atomic E-state index is -0.249. The molecule has 0 aliphatic carbocycles. The van der Waals surface area contributed by atoms with Crippen molar-refractivity contribution in [1.29, 1.82) is 0 Å². The minimum Gasteiger partial charge on any atom is -0.466 e. The van der Waals surface area contributed by atoms with Gasteiger partial charge in [-0.3, -0.25) is 9.69 Å². The highest BCUT2D eigenvalue weighted by Gasteiger charge is 2.27. The van der Waals surface area contributed by atoms with Crippen LogP contribution in [0.1, 0.15) is 25.3 Å². The van der Waals surface area contributed by atoms with Gasteiger partial charge in [0.05, 0.1) is 17.0 Å². The number of hydrogen-bond acceptors (Lipinski definition) is 3. The van der Waals surface area contributed by atoms with Crippen LogP contribution >= 0.6 is 15.9 Å². The normalized spacial score (nSPS) is 19.9. The summed E-state index contributed by atoms with van der Waals surface area (Å²) in [6, 6.07) is 5.05. The molecule has 0 saturated carbocycles. The van der Waals surface area contributed by atoms with Crippen molar-refractivity contribution in [3.05, 3.63) is 34.1 Å². The molecule has 0 radical (unpaired) electrons. The fourth-order valence-corrected chi connectivity index (χ4v) is 2.95. The van der Waals surface area contributed by atoms with Crippen molar-refractivity contribution < 1.29 is 13.9 Å². The molecule has 1 aromatic carbocycles. The van der Waals surface area contributed by atoms with Crippen molar-refractivity contribution in [3.8, 4) is 0 Å². The van der Waals surface area contributed by atoms with Gasteiger partial charge in [0.25, 0.3) is 0 Å². The first-order valence-electron chi connectivity index (χ1n) is 6.93. The highest BCUT2D eigenvalue weighted by molar-refractivity contribution is 9.10. The Labute approximate surface area is 127 Å². The summed E-state index contributed by atoms with van der Waals surface area (Å²) in [7, 11) is 0. The number of ether oxygens (including phenoxy) is 1. The van der Waals surface area contributed by atoms with Crippen molar-refractivity contribution in [3.63, 3.8) is 0 Å². The van der Waals surface area contributed by atoms with Crippen LogP contribution in [0, 0.1) is 11.7 Å². The van der Waals surface area contributed by atoms with Gasteiger partial charge in [0.1, 0.15) is 5.82 Å². The molecule has 20 heavy (non-hydrogen) atoms. The SMILES string of the molecule is CCOC(=O)C1CCCN(Cc2cccc(F)c2Br)C1. The zero-order valence-corrected chi connectivity index (χ0v) is 13.2. The number of nitrogens with zero attached hydrogens (tertiary/aromatic N) is 1. The van der Waals surface area contributed by atoms with Crippen molar-refractivity contribution in [2.45, 2.75) is 26.3 Å². The quantitative estimate of drug-likeness (QED) is 0.785. The Morgan fingerprint density at radius 2 is 2.35 bits per heavy atom. The Morgan fingerprint density at radius 1 is 1.55 bits per heavy atom. The average Bonchev–Trinajstić information content (AvgIpc) is 2.44. The molecule has 1 heterocycles. The Bertz CT molecular complexity index is 481. The van der Waals surface area contributed by atoms with E-state index >= 15 is 0 Å². The van der Waals surface area contributed by atoms with Crippen LogP contribution in [-0.2, 0) is 16.1 Å². The van der Waals surface area contributed by atoms with Crippen LogP contribution in [0.4, 0.5) is 4.39 Å². The third kappa shape index (κ3) is 3.79. The summed E-state index contributed by atoms with van der Waals surface area (Å²) in [4.78, 5) is 14.0. The molecule has 1 atom stereocenters. The summed E-state index contributed by atoms with van der Waals surface area (Å²) in [6.07, 6.45) is 1.84. The molecule has 1 aliphatic rings. The van der Waals surface area contributed by atoms with Gasteiger partial charge in [0.2, 0.25) is 0 Å². The van der Waals surface area contributed by atoms with E-state index in [0.29, 0.717) is 24.2 Å². The molecule has 1 fully saturated rings. The number of halogens is 2. The topological polar surface area (TPSA) is 29.5 Å². The van der Waals surface area contributed by atoms with Crippen molar-refractivity contribution >= 4 is 21.9 Å². The van der Waals surface area contributed by atoms with Gasteiger partial charge < -0.3 is 4.74 Å². The van der Waals surface area contributed by atoms with Gasteiger partial charge in [0.15, 0.2) is 0 Å². The van der Waals surface area contributed by atoms with Gasteiger partial charge in [0, 0.05) is 13.1 Å². The number of hydrogen-bond donors (Lipinski definition) is 0. The molecule has 1 aromatic rings. The molecule has 1 aliphatic heterocycles. The highest BCUT2D eigenvalue weighted by Crippen LogP contribution is 2.25. The first kappa shape index (κ1) is 15.4. The number of piperidine rings is 1. The van der Waals surface area contributed by atoms with Crippen molar-refractivity contribution in [2.75, 3.05) is 19.7 Å². The lowest BCUT2D eigenvalue weighted by atomic mass is 9.97. The van der Waals surface area contributed by atoms with Gasteiger partial charge in [-0.25, -0.2) is 4.39 Å². The van der Waals surface area contributed by atoms with Crippen LogP contribution in [0.15, 0.2) is 22.7 Å². The van der Waals surface area contributed by atoms with E-state index < -0.39 is 0 Å². The zero-order valence-electron chi connectivity index (χ0n) is 11.6. The van der Waals surface area contributed by atoms with Crippen LogP contribution in [0.3, 0.4) is 0 Å². The molecule has 5 heteroatoms. The predicted octanol–water partition coefficient (Wildman–Crippen LogP) is 3.36. The fraction of sp³-hybridized carbons (Fsp3) is 0.533. The largest absolute Gasteiger partial charge is 0.466 e. The highest BCUT2D eigenvalue weighted by atomic mass is 79.9. The van der Waals surface area contributed by atoms with Crippen molar-refractivity contribution in [2.24, 2.45) is 5.92 Å². The monoisotopic (exact) mass is 343 g/mol. The van der Waals surface area contributed by atoms with E-state index in [2.05, 4.69) is 20.8 Å². The van der Waals surface area contributed by atoms with Crippen LogP contribution in [0.25, 0.3) is 0 Å². The lowest BCUT2D eigenvalue weighted by molar-refractivity contribution is -0.150. The number of carbonyl (C=O) groups excluding carboxylic acids is 1. The number of carbonyl (C=O) groups is 1. The van der Waals surface area contributed by atoms with E-state index in [1.54, 1.807) is 6.07 Å². The number of benzene rings is 1. The van der Waals surface area contributed by atoms with E-state index in [-0.39, 0.29) is 17.7 Å². The standard InChI is InChI=1S/C15H19BrFNO2/c1-2-20-15(19)12-6-4-8-18(10-12)9-11-5-3-7-13(17)14(11)16/h3,5,7,12H,2,4,6,8-10H2,1H3. The molecule has 0 amide bonds. The molecule has 0 bridgehead atoms. The molecule has 3 nitrogen and oxygen atoms in total. The number of esters is 1. The summed E-state index contributed by atoms with van der Waals surface area (Å²) in [5, 5.41) is 0. The molecule has 0 spiro atoms. The smallest absolute Gasteiger partial charge is 0.310 e. The molecule has 2 rings (SSSR count). The maximum atomic E-state index is 13.5. The van der Waals surface area contributed by atoms with Crippen LogP contribution in [-0.4, -0.2) is 30.6 Å². The van der Waals surface area contributed by atoms with Gasteiger partial charge in [-0.15, -0.1) is 0 Å². The van der Waals surface area contributed by atoms with E-state index in [0.717, 1.165) is 24.9 Å². The minimum absolute atomic E-state index is 0.0592. The Morgan fingerprint density at radius 3 is 3.10 bits per heavy atom. The second kappa shape index (κ2) is 7.18. The Balaban J connectivity index is 1.99. The number of likely N-dealkylation sites (tertiary alicyclic amines) is 1. The Hall–Kier alpha value is -0.940. The molecule has 0 aromatic heterocycles. The lowest BCUT2D eigenvalue weighted by Gasteiger charge is -2.31. The van der Waals surface area contributed by atoms with E-state index in [9.17, 15) is 9.18 Å². The van der Waals surface area contributed by atoms with Gasteiger partial charge >= 0.3 is 5.97 Å². The molecule has 1 unspecified atom stereocenters. The van der Waals surface area contributed by atoms with Crippen LogP contribution in [0.2, 0.25) is 0 Å². The lowest BCUT2D eigenvalue weighted by Crippen LogP contribution is -2.39. The van der Waals surface area contributed by atoms with E-state index in [1.165, 1.54) is 6.07 Å². The summed E-state index contributed by atoms with van der Waals surface area (Å²) < 4.78 is 19.1. The first-order chi connectivity index (χ1) is 9.61. The van der Waals surface area contributed by atoms with E-state index in [4.69, 9.17) is 4.74 Å². The second-order valence-electron chi connectivity index (χ2n) is 5.04. The van der Waals surface area contributed by atoms with E-state index in [1.807, 2.05) is 13.0 Å². The molecular formula is C15H19BrFNO2. The second-order valence-corrected chi connectivity index (χ2v) is 5.83. The van der Waals surface area contributed by atoms with Crippen LogP contribution < -0.4 is 0 Å². The Kier molecular flexibility index (Phi) is 5.54. The summed E-state index contributed by atoms with van der Waals surface area (Å²) in [5.41, 5.74) is 0.912. The number of rotatable bonds is 4. The van der Waals surface area contributed by atoms with Crippen molar-refractivity contribution in [1.82, 2.24) is 4.90 Å². The molecule has 0 N–H and O–H groups in total. The maximum Gasteiger partial charge on any atom is 0.310 e. The third-order valence-corrected chi connectivity index (χ3v) is 4.44. The van der Waals surface area contributed by atoms with Gasteiger partial charge in [-0.1, -0.05) is 12.1 Å². The molecule has 1 saturated heterocycles. The molecular weight excluding hydrogens is 325 g/mol. The summed E-state index contributed by atoms with van der Waals surface area (Å²) >= 11 is 3.28. The summed E-state index contributed by atoms with van der Waals surface area (Å²) in [5.74, 6) is -0.423. The average molecular weight is 344 g/mol. The zero-order chi connectivity index (χ0) is 14.5. The fourth-order valence-electron chi connectivity index (χ4n) is 2.56. The van der Waals surface area contributed by atoms with Crippen LogP contribution in [0.5, 0.6) is 0 Å². The maximum absolute atomic E-state index is 13.5. The van der Waals surface area contributed by atoms with Gasteiger partial charge in [-0.05, 0) is 53.9 Å². The third-order valence-electron chi connectivity index (χ3n) is 3.55. The molecule has 110 valence electrons. The first-order valence-corrected chi connectivity index (χ1v) is 7.73. The summed E-state index contributed by atoms with van der Waals surface area (Å²) in [6.45, 7) is 4.50. The van der Waals surface area contributed by atoms with Gasteiger partial charge in [-0.2, -0.15) is 0 Å².